The lowest BCUT2D eigenvalue weighted by Gasteiger charge is -2.24. The maximum Gasteiger partial charge on any atom is 0.403 e. The molecule has 0 saturated carbocycles. The summed E-state index contributed by atoms with van der Waals surface area (Å²) in [6.45, 7) is -0.205. The van der Waals surface area contributed by atoms with Crippen LogP contribution in [0.5, 0.6) is 0 Å². The normalized spacial score (nSPS) is 20.5. The maximum absolute atomic E-state index is 12.4. The molecule has 1 atom stereocenters. The highest BCUT2D eigenvalue weighted by atomic mass is 19.4. The molecule has 2 N–H and O–H groups in total. The maximum atomic E-state index is 12.4. The third kappa shape index (κ3) is 4.22. The van der Waals surface area contributed by atoms with Gasteiger partial charge in [-0.3, -0.25) is 14.5 Å². The number of carboxylic acids is 1. The van der Waals surface area contributed by atoms with Crippen molar-refractivity contribution >= 4 is 11.9 Å². The average molecular weight is 254 g/mol. The SMILES string of the molecule is O=C1CN(CC(C(=O)O)C(F)(F)F)CCCN1. The molecule has 0 spiro atoms. The molecule has 1 amide bonds. The topological polar surface area (TPSA) is 69.6 Å². The van der Waals surface area contributed by atoms with Crippen molar-refractivity contribution in [2.75, 3.05) is 26.2 Å². The molecule has 0 aromatic heterocycles. The molecule has 1 aliphatic heterocycles. The van der Waals surface area contributed by atoms with Crippen molar-refractivity contribution in [3.63, 3.8) is 0 Å². The Kier molecular flexibility index (Phi) is 4.33. The van der Waals surface area contributed by atoms with Gasteiger partial charge >= 0.3 is 12.1 Å². The third-order valence-corrected chi connectivity index (χ3v) is 2.47. The predicted octanol–water partition coefficient (Wildman–Crippen LogP) is 0.0714. The lowest BCUT2D eigenvalue weighted by atomic mass is 10.1. The number of alkyl halides is 3. The van der Waals surface area contributed by atoms with Crippen molar-refractivity contribution in [3.05, 3.63) is 0 Å². The summed E-state index contributed by atoms with van der Waals surface area (Å²) in [6.07, 6.45) is -4.29. The number of carboxylic acid groups (broad SMARTS) is 1. The van der Waals surface area contributed by atoms with E-state index in [1.807, 2.05) is 0 Å². The molecule has 0 radical (unpaired) electrons. The number of rotatable bonds is 3. The minimum Gasteiger partial charge on any atom is -0.481 e. The Morgan fingerprint density at radius 3 is 2.71 bits per heavy atom. The van der Waals surface area contributed by atoms with Crippen LogP contribution in [0.25, 0.3) is 0 Å². The molecule has 1 fully saturated rings. The van der Waals surface area contributed by atoms with Gasteiger partial charge in [-0.1, -0.05) is 0 Å². The number of hydrogen-bond acceptors (Lipinski definition) is 3. The first-order valence-electron chi connectivity index (χ1n) is 5.09. The Hall–Kier alpha value is -1.31. The average Bonchev–Trinajstić information content (AvgIpc) is 2.36. The van der Waals surface area contributed by atoms with Crippen LogP contribution in [0.15, 0.2) is 0 Å². The first-order chi connectivity index (χ1) is 7.80. The molecule has 1 aliphatic rings. The molecule has 0 aromatic rings. The number of carbonyl (C=O) groups is 2. The van der Waals surface area contributed by atoms with Gasteiger partial charge in [0.15, 0.2) is 5.92 Å². The molecule has 98 valence electrons. The van der Waals surface area contributed by atoms with Crippen LogP contribution < -0.4 is 5.32 Å². The molecular weight excluding hydrogens is 241 g/mol. The van der Waals surface area contributed by atoms with Crippen molar-refractivity contribution in [3.8, 4) is 0 Å². The predicted molar refractivity (Wildman–Crippen MR) is 51.2 cm³/mol. The molecule has 8 heteroatoms. The van der Waals surface area contributed by atoms with E-state index in [0.717, 1.165) is 0 Å². The molecule has 1 rings (SSSR count). The van der Waals surface area contributed by atoms with E-state index in [1.165, 1.54) is 4.90 Å². The molecule has 0 aromatic carbocycles. The van der Waals surface area contributed by atoms with Gasteiger partial charge in [0.25, 0.3) is 0 Å². The second-order valence-corrected chi connectivity index (χ2v) is 3.87. The fourth-order valence-corrected chi connectivity index (χ4v) is 1.60. The van der Waals surface area contributed by atoms with Crippen molar-refractivity contribution in [1.82, 2.24) is 10.2 Å². The summed E-state index contributed by atoms with van der Waals surface area (Å²) >= 11 is 0. The van der Waals surface area contributed by atoms with Crippen LogP contribution >= 0.6 is 0 Å². The number of nitrogens with zero attached hydrogens (tertiary/aromatic N) is 1. The first kappa shape index (κ1) is 13.8. The number of amides is 1. The monoisotopic (exact) mass is 254 g/mol. The number of carbonyl (C=O) groups excluding carboxylic acids is 1. The van der Waals surface area contributed by atoms with Crippen molar-refractivity contribution in [2.24, 2.45) is 5.92 Å². The van der Waals surface area contributed by atoms with E-state index in [2.05, 4.69) is 5.32 Å². The van der Waals surface area contributed by atoms with Crippen LogP contribution in [-0.4, -0.2) is 54.2 Å². The van der Waals surface area contributed by atoms with Gasteiger partial charge in [0.2, 0.25) is 5.91 Å². The largest absolute Gasteiger partial charge is 0.481 e. The highest BCUT2D eigenvalue weighted by Crippen LogP contribution is 2.27. The summed E-state index contributed by atoms with van der Waals surface area (Å²) in [5.74, 6) is -4.75. The van der Waals surface area contributed by atoms with Crippen molar-refractivity contribution < 1.29 is 27.9 Å². The van der Waals surface area contributed by atoms with Crippen molar-refractivity contribution in [1.29, 1.82) is 0 Å². The Balaban J connectivity index is 2.66. The lowest BCUT2D eigenvalue weighted by molar-refractivity contribution is -0.196. The van der Waals surface area contributed by atoms with Crippen LogP contribution in [-0.2, 0) is 9.59 Å². The van der Waals surface area contributed by atoms with Gasteiger partial charge in [0.05, 0.1) is 6.54 Å². The molecular formula is C9H13F3N2O3. The van der Waals surface area contributed by atoms with Gasteiger partial charge in [-0.15, -0.1) is 0 Å². The van der Waals surface area contributed by atoms with E-state index in [0.29, 0.717) is 13.0 Å². The van der Waals surface area contributed by atoms with Gasteiger partial charge in [0.1, 0.15) is 0 Å². The Morgan fingerprint density at radius 2 is 2.18 bits per heavy atom. The second-order valence-electron chi connectivity index (χ2n) is 3.87. The number of hydrogen-bond donors (Lipinski definition) is 2. The number of nitrogens with one attached hydrogen (secondary N) is 1. The van der Waals surface area contributed by atoms with Crippen LogP contribution in [0.4, 0.5) is 13.2 Å². The molecule has 1 heterocycles. The zero-order valence-electron chi connectivity index (χ0n) is 8.96. The summed E-state index contributed by atoms with van der Waals surface area (Å²) in [6, 6.07) is 0. The fourth-order valence-electron chi connectivity index (χ4n) is 1.60. The minimum atomic E-state index is -4.80. The van der Waals surface area contributed by atoms with Gasteiger partial charge in [0, 0.05) is 19.6 Å². The van der Waals surface area contributed by atoms with E-state index in [1.54, 1.807) is 0 Å². The van der Waals surface area contributed by atoms with Crippen LogP contribution in [0.2, 0.25) is 0 Å². The zero-order chi connectivity index (χ0) is 13.1. The fraction of sp³-hybridized carbons (Fsp3) is 0.778. The molecule has 5 nitrogen and oxygen atoms in total. The second kappa shape index (κ2) is 5.35. The lowest BCUT2D eigenvalue weighted by Crippen LogP contribution is -2.43. The smallest absolute Gasteiger partial charge is 0.403 e. The van der Waals surface area contributed by atoms with Crippen LogP contribution in [0, 0.1) is 5.92 Å². The van der Waals surface area contributed by atoms with E-state index in [4.69, 9.17) is 5.11 Å². The van der Waals surface area contributed by atoms with Crippen molar-refractivity contribution in [2.45, 2.75) is 12.6 Å². The Labute approximate surface area is 95.6 Å². The van der Waals surface area contributed by atoms with Gasteiger partial charge in [-0.05, 0) is 6.42 Å². The van der Waals surface area contributed by atoms with E-state index < -0.39 is 24.6 Å². The minimum absolute atomic E-state index is 0.195. The molecule has 1 saturated heterocycles. The van der Waals surface area contributed by atoms with Gasteiger partial charge < -0.3 is 10.4 Å². The number of aliphatic carboxylic acids is 1. The summed E-state index contributed by atoms with van der Waals surface area (Å²) in [5, 5.41) is 11.0. The third-order valence-electron chi connectivity index (χ3n) is 2.47. The number of halogens is 3. The highest BCUT2D eigenvalue weighted by molar-refractivity contribution is 5.78. The Bertz CT molecular complexity index is 306. The van der Waals surface area contributed by atoms with E-state index in [-0.39, 0.29) is 19.0 Å². The van der Waals surface area contributed by atoms with Gasteiger partial charge in [-0.25, -0.2) is 0 Å². The van der Waals surface area contributed by atoms with Gasteiger partial charge in [-0.2, -0.15) is 13.2 Å². The summed E-state index contributed by atoms with van der Waals surface area (Å²) in [5.41, 5.74) is 0. The molecule has 1 unspecified atom stereocenters. The van der Waals surface area contributed by atoms with Crippen LogP contribution in [0.1, 0.15) is 6.42 Å². The van der Waals surface area contributed by atoms with E-state index in [9.17, 15) is 22.8 Å². The zero-order valence-corrected chi connectivity index (χ0v) is 8.96. The summed E-state index contributed by atoms with van der Waals surface area (Å²) < 4.78 is 37.2. The first-order valence-corrected chi connectivity index (χ1v) is 5.09. The summed E-state index contributed by atoms with van der Waals surface area (Å²) in [7, 11) is 0. The standard InChI is InChI=1S/C9H13F3N2O3/c10-9(11,12)6(8(16)17)4-14-3-1-2-13-7(15)5-14/h6H,1-5H2,(H,13,15)(H,16,17). The quantitative estimate of drug-likeness (QED) is 0.748. The molecule has 17 heavy (non-hydrogen) atoms. The Morgan fingerprint density at radius 1 is 1.53 bits per heavy atom. The van der Waals surface area contributed by atoms with Crippen LogP contribution in [0.3, 0.4) is 0 Å². The van der Waals surface area contributed by atoms with E-state index >= 15 is 0 Å². The summed E-state index contributed by atoms with van der Waals surface area (Å²) in [4.78, 5) is 22.9. The molecule has 0 aliphatic carbocycles. The molecule has 0 bridgehead atoms. The highest BCUT2D eigenvalue weighted by Gasteiger charge is 2.46.